The van der Waals surface area contributed by atoms with Crippen molar-refractivity contribution < 1.29 is 18.0 Å². The third-order valence-electron chi connectivity index (χ3n) is 3.14. The van der Waals surface area contributed by atoms with Crippen LogP contribution in [0.3, 0.4) is 0 Å². The van der Waals surface area contributed by atoms with E-state index in [0.29, 0.717) is 11.3 Å². The number of carbonyl (C=O) groups excluding carboxylic acids is 1. The van der Waals surface area contributed by atoms with E-state index in [4.69, 9.17) is 5.73 Å². The van der Waals surface area contributed by atoms with Gasteiger partial charge in [0.25, 0.3) is 5.91 Å². The number of benzene rings is 1. The minimum Gasteiger partial charge on any atom is -0.399 e. The molecule has 1 aliphatic carbocycles. The number of anilines is 1. The number of halogens is 3. The maximum Gasteiger partial charge on any atom is 0.411 e. The zero-order chi connectivity index (χ0) is 13.6. The van der Waals surface area contributed by atoms with Gasteiger partial charge in [0.15, 0.2) is 0 Å². The molecule has 0 unspecified atom stereocenters. The standard InChI is InChI=1S/C12H13F3N2O/c1-7-6-8(16)2-3-9(7)10(18)17-11(4-5-11)12(13,14)15/h2-3,6H,4-5,16H2,1H3,(H,17,18). The molecule has 0 aromatic heterocycles. The fourth-order valence-electron chi connectivity index (χ4n) is 1.83. The zero-order valence-electron chi connectivity index (χ0n) is 9.77. The highest BCUT2D eigenvalue weighted by Gasteiger charge is 2.64. The van der Waals surface area contributed by atoms with Crippen molar-refractivity contribution in [3.05, 3.63) is 29.3 Å². The highest BCUT2D eigenvalue weighted by atomic mass is 19.4. The highest BCUT2D eigenvalue weighted by molar-refractivity contribution is 5.96. The molecule has 98 valence electrons. The summed E-state index contributed by atoms with van der Waals surface area (Å²) in [5.41, 5.74) is 4.75. The molecule has 0 spiro atoms. The molecule has 0 radical (unpaired) electrons. The Kier molecular flexibility index (Phi) is 2.76. The van der Waals surface area contributed by atoms with Gasteiger partial charge in [0.2, 0.25) is 0 Å². The molecule has 0 saturated heterocycles. The van der Waals surface area contributed by atoms with Gasteiger partial charge in [-0.2, -0.15) is 13.2 Å². The molecule has 6 heteroatoms. The van der Waals surface area contributed by atoms with Gasteiger partial charge in [-0.3, -0.25) is 4.79 Å². The Morgan fingerprint density at radius 2 is 2.00 bits per heavy atom. The second-order valence-electron chi connectivity index (χ2n) is 4.61. The van der Waals surface area contributed by atoms with Crippen molar-refractivity contribution in [3.63, 3.8) is 0 Å². The van der Waals surface area contributed by atoms with E-state index in [2.05, 4.69) is 5.32 Å². The van der Waals surface area contributed by atoms with Crippen LogP contribution in [0, 0.1) is 6.92 Å². The summed E-state index contributed by atoms with van der Waals surface area (Å²) in [5, 5.41) is 2.08. The molecule has 1 aliphatic rings. The minimum atomic E-state index is -4.40. The highest BCUT2D eigenvalue weighted by Crippen LogP contribution is 2.49. The number of nitrogen functional groups attached to an aromatic ring is 1. The molecule has 0 bridgehead atoms. The molecule has 1 fully saturated rings. The van der Waals surface area contributed by atoms with Gasteiger partial charge in [-0.15, -0.1) is 0 Å². The van der Waals surface area contributed by atoms with Crippen molar-refractivity contribution in [2.24, 2.45) is 0 Å². The number of hydrogen-bond acceptors (Lipinski definition) is 2. The largest absolute Gasteiger partial charge is 0.411 e. The van der Waals surface area contributed by atoms with Gasteiger partial charge in [0.05, 0.1) is 0 Å². The molecule has 18 heavy (non-hydrogen) atoms. The lowest BCUT2D eigenvalue weighted by Gasteiger charge is -2.21. The van der Waals surface area contributed by atoms with Gasteiger partial charge < -0.3 is 11.1 Å². The van der Waals surface area contributed by atoms with Gasteiger partial charge >= 0.3 is 6.18 Å². The second-order valence-corrected chi connectivity index (χ2v) is 4.61. The van der Waals surface area contributed by atoms with Crippen LogP contribution in [0.1, 0.15) is 28.8 Å². The number of rotatable bonds is 2. The predicted octanol–water partition coefficient (Wildman–Crippen LogP) is 2.40. The molecular formula is C12H13F3N2O. The molecule has 0 heterocycles. The Labute approximate surface area is 102 Å². The first-order valence-electron chi connectivity index (χ1n) is 5.50. The summed E-state index contributed by atoms with van der Waals surface area (Å²) in [5.74, 6) is -0.706. The molecule has 2 rings (SSSR count). The van der Waals surface area contributed by atoms with Gasteiger partial charge in [0.1, 0.15) is 5.54 Å². The Morgan fingerprint density at radius 3 is 2.44 bits per heavy atom. The topological polar surface area (TPSA) is 55.1 Å². The van der Waals surface area contributed by atoms with Crippen LogP contribution in [0.25, 0.3) is 0 Å². The first-order valence-corrected chi connectivity index (χ1v) is 5.50. The number of nitrogens with two attached hydrogens (primary N) is 1. The maximum absolute atomic E-state index is 12.7. The zero-order valence-corrected chi connectivity index (χ0v) is 9.77. The van der Waals surface area contributed by atoms with Crippen LogP contribution in [-0.2, 0) is 0 Å². The number of carbonyl (C=O) groups is 1. The van der Waals surface area contributed by atoms with Gasteiger partial charge in [0, 0.05) is 11.3 Å². The normalized spacial score (nSPS) is 17.3. The molecule has 1 aromatic rings. The smallest absolute Gasteiger partial charge is 0.399 e. The Morgan fingerprint density at radius 1 is 1.39 bits per heavy atom. The molecule has 0 aliphatic heterocycles. The fourth-order valence-corrected chi connectivity index (χ4v) is 1.83. The van der Waals surface area contributed by atoms with Crippen molar-refractivity contribution in [2.45, 2.75) is 31.5 Å². The lowest BCUT2D eigenvalue weighted by atomic mass is 10.1. The minimum absolute atomic E-state index is 0.0593. The Balaban J connectivity index is 2.19. The van der Waals surface area contributed by atoms with Crippen molar-refractivity contribution in [1.29, 1.82) is 0 Å². The van der Waals surface area contributed by atoms with Crippen LogP contribution in [0.5, 0.6) is 0 Å². The Hall–Kier alpha value is -1.72. The van der Waals surface area contributed by atoms with E-state index in [-0.39, 0.29) is 18.4 Å². The number of aryl methyl sites for hydroxylation is 1. The average Bonchev–Trinajstić information content (AvgIpc) is 2.97. The summed E-state index contributed by atoms with van der Waals surface area (Å²) in [4.78, 5) is 11.8. The summed E-state index contributed by atoms with van der Waals surface area (Å²) < 4.78 is 38.1. The van der Waals surface area contributed by atoms with Crippen LogP contribution in [-0.4, -0.2) is 17.6 Å². The second kappa shape index (κ2) is 3.90. The third kappa shape index (κ3) is 2.14. The van der Waals surface area contributed by atoms with Crippen molar-refractivity contribution >= 4 is 11.6 Å². The number of nitrogens with one attached hydrogen (secondary N) is 1. The lowest BCUT2D eigenvalue weighted by Crippen LogP contribution is -2.48. The van der Waals surface area contributed by atoms with E-state index >= 15 is 0 Å². The maximum atomic E-state index is 12.7. The molecule has 0 atom stereocenters. The van der Waals surface area contributed by atoms with Crippen molar-refractivity contribution in [2.75, 3.05) is 5.73 Å². The van der Waals surface area contributed by atoms with E-state index in [9.17, 15) is 18.0 Å². The van der Waals surface area contributed by atoms with Gasteiger partial charge in [-0.1, -0.05) is 0 Å². The molecular weight excluding hydrogens is 245 g/mol. The first kappa shape index (κ1) is 12.7. The fraction of sp³-hybridized carbons (Fsp3) is 0.417. The summed E-state index contributed by atoms with van der Waals surface area (Å²) >= 11 is 0. The first-order chi connectivity index (χ1) is 8.25. The predicted molar refractivity (Wildman–Crippen MR) is 61.1 cm³/mol. The lowest BCUT2D eigenvalue weighted by molar-refractivity contribution is -0.163. The van der Waals surface area contributed by atoms with Crippen molar-refractivity contribution in [3.8, 4) is 0 Å². The van der Waals surface area contributed by atoms with Crippen LogP contribution in [0.2, 0.25) is 0 Å². The van der Waals surface area contributed by atoms with Crippen LogP contribution in [0.15, 0.2) is 18.2 Å². The number of alkyl halides is 3. The quantitative estimate of drug-likeness (QED) is 0.800. The van der Waals surface area contributed by atoms with E-state index in [1.165, 1.54) is 12.1 Å². The Bertz CT molecular complexity index is 493. The molecule has 1 saturated carbocycles. The van der Waals surface area contributed by atoms with E-state index < -0.39 is 17.6 Å². The average molecular weight is 258 g/mol. The summed E-state index contributed by atoms with van der Waals surface area (Å²) in [6.45, 7) is 1.64. The SMILES string of the molecule is Cc1cc(N)ccc1C(=O)NC1(C(F)(F)F)CC1. The van der Waals surface area contributed by atoms with Crippen molar-refractivity contribution in [1.82, 2.24) is 5.32 Å². The van der Waals surface area contributed by atoms with Crippen LogP contribution in [0.4, 0.5) is 18.9 Å². The van der Waals surface area contributed by atoms with E-state index in [0.717, 1.165) is 0 Å². The number of amides is 1. The van der Waals surface area contributed by atoms with Gasteiger partial charge in [-0.25, -0.2) is 0 Å². The molecule has 1 aromatic carbocycles. The van der Waals surface area contributed by atoms with E-state index in [1.807, 2.05) is 0 Å². The number of hydrogen-bond donors (Lipinski definition) is 2. The van der Waals surface area contributed by atoms with Crippen LogP contribution >= 0.6 is 0 Å². The third-order valence-corrected chi connectivity index (χ3v) is 3.14. The summed E-state index contributed by atoms with van der Waals surface area (Å²) in [7, 11) is 0. The van der Waals surface area contributed by atoms with Gasteiger partial charge in [-0.05, 0) is 43.5 Å². The molecule has 3 nitrogen and oxygen atoms in total. The van der Waals surface area contributed by atoms with Crippen LogP contribution < -0.4 is 11.1 Å². The van der Waals surface area contributed by atoms with E-state index in [1.54, 1.807) is 13.0 Å². The summed E-state index contributed by atoms with van der Waals surface area (Å²) in [6.07, 6.45) is -4.52. The molecule has 1 amide bonds. The monoisotopic (exact) mass is 258 g/mol. The molecule has 3 N–H and O–H groups in total. The summed E-state index contributed by atoms with van der Waals surface area (Å²) in [6, 6.07) is 4.49.